The molecule has 0 radical (unpaired) electrons. The number of hydrogen-bond donors (Lipinski definition) is 1. The summed E-state index contributed by atoms with van der Waals surface area (Å²) in [6.45, 7) is 0.0568. The van der Waals surface area contributed by atoms with Crippen LogP contribution in [0.4, 0.5) is 0 Å². The lowest BCUT2D eigenvalue weighted by Gasteiger charge is -2.30. The third-order valence-electron chi connectivity index (χ3n) is 4.16. The Bertz CT molecular complexity index is 655. The van der Waals surface area contributed by atoms with Crippen molar-refractivity contribution in [3.05, 3.63) is 103 Å². The molecule has 0 spiro atoms. The van der Waals surface area contributed by atoms with Gasteiger partial charge in [-0.2, -0.15) is 0 Å². The van der Waals surface area contributed by atoms with E-state index in [9.17, 15) is 5.11 Å². The summed E-state index contributed by atoms with van der Waals surface area (Å²) >= 11 is 0. The fourth-order valence-electron chi connectivity index (χ4n) is 3.12. The minimum atomic E-state index is -2.29. The predicted molar refractivity (Wildman–Crippen MR) is 100 cm³/mol. The fraction of sp³-hybridized carbons (Fsp3) is 0.0476. The predicted octanol–water partition coefficient (Wildman–Crippen LogP) is 2.24. The van der Waals surface area contributed by atoms with Crippen molar-refractivity contribution in [2.45, 2.75) is 0 Å². The number of aliphatic hydroxyl groups is 1. The standard InChI is InChI=1S/C21H20OSi/c22-17-10-18-23(19-11-4-1-5-12-19,20-13-6-2-7-14-20)21-15-8-3-9-16-21/h1-16,18,22H,17H2/b18-10+. The van der Waals surface area contributed by atoms with Gasteiger partial charge in [0.15, 0.2) is 8.07 Å². The molecule has 0 aliphatic rings. The van der Waals surface area contributed by atoms with Gasteiger partial charge in [0.2, 0.25) is 0 Å². The molecule has 3 aromatic rings. The summed E-state index contributed by atoms with van der Waals surface area (Å²) in [5, 5.41) is 13.4. The summed E-state index contributed by atoms with van der Waals surface area (Å²) in [6, 6.07) is 31.9. The summed E-state index contributed by atoms with van der Waals surface area (Å²) < 4.78 is 0. The molecule has 0 amide bonds. The molecule has 0 fully saturated rings. The van der Waals surface area contributed by atoms with Gasteiger partial charge < -0.3 is 5.11 Å². The SMILES string of the molecule is OC/C=C/[Si](c1ccccc1)(c1ccccc1)c1ccccc1. The van der Waals surface area contributed by atoms with E-state index in [0.717, 1.165) is 0 Å². The zero-order chi connectivity index (χ0) is 16.0. The summed E-state index contributed by atoms with van der Waals surface area (Å²) in [5.74, 6) is 0. The van der Waals surface area contributed by atoms with Crippen molar-refractivity contribution in [1.82, 2.24) is 0 Å². The van der Waals surface area contributed by atoms with Crippen molar-refractivity contribution in [3.8, 4) is 0 Å². The monoisotopic (exact) mass is 316 g/mol. The minimum Gasteiger partial charge on any atom is -0.392 e. The van der Waals surface area contributed by atoms with Gasteiger partial charge in [0.1, 0.15) is 0 Å². The maximum absolute atomic E-state index is 9.41. The van der Waals surface area contributed by atoms with Crippen LogP contribution in [-0.2, 0) is 0 Å². The van der Waals surface area contributed by atoms with Gasteiger partial charge in [-0.3, -0.25) is 0 Å². The summed E-state index contributed by atoms with van der Waals surface area (Å²) in [6.07, 6.45) is 1.89. The highest BCUT2D eigenvalue weighted by Gasteiger charge is 2.36. The molecule has 0 aliphatic carbocycles. The quantitative estimate of drug-likeness (QED) is 0.565. The smallest absolute Gasteiger partial charge is 0.172 e. The second kappa shape index (κ2) is 7.23. The molecule has 0 saturated carbocycles. The topological polar surface area (TPSA) is 20.2 Å². The molecule has 0 aromatic heterocycles. The molecule has 0 unspecified atom stereocenters. The highest BCUT2D eigenvalue weighted by Crippen LogP contribution is 2.09. The summed E-state index contributed by atoms with van der Waals surface area (Å²) in [7, 11) is -2.29. The van der Waals surface area contributed by atoms with Crippen LogP contribution in [0.25, 0.3) is 0 Å². The molecule has 0 atom stereocenters. The number of benzene rings is 3. The lowest BCUT2D eigenvalue weighted by molar-refractivity contribution is 0.343. The number of hydrogen-bond acceptors (Lipinski definition) is 1. The first-order valence-electron chi connectivity index (χ1n) is 7.83. The van der Waals surface area contributed by atoms with E-state index < -0.39 is 8.07 Å². The zero-order valence-electron chi connectivity index (χ0n) is 13.0. The molecule has 0 saturated heterocycles. The van der Waals surface area contributed by atoms with Crippen molar-refractivity contribution in [2.24, 2.45) is 0 Å². The van der Waals surface area contributed by atoms with Crippen LogP contribution >= 0.6 is 0 Å². The van der Waals surface area contributed by atoms with Crippen molar-refractivity contribution in [1.29, 1.82) is 0 Å². The Kier molecular flexibility index (Phi) is 4.86. The van der Waals surface area contributed by atoms with Crippen LogP contribution in [0.2, 0.25) is 0 Å². The van der Waals surface area contributed by atoms with Crippen molar-refractivity contribution >= 4 is 23.6 Å². The highest BCUT2D eigenvalue weighted by molar-refractivity contribution is 7.14. The minimum absolute atomic E-state index is 0.0568. The second-order valence-corrected chi connectivity index (χ2v) is 9.17. The average Bonchev–Trinajstić information content (AvgIpc) is 2.65. The van der Waals surface area contributed by atoms with Crippen LogP contribution < -0.4 is 15.6 Å². The van der Waals surface area contributed by atoms with Crippen molar-refractivity contribution < 1.29 is 5.11 Å². The Balaban J connectivity index is 2.33. The lowest BCUT2D eigenvalue weighted by Crippen LogP contribution is -2.66. The molecule has 1 nitrogen and oxygen atoms in total. The molecular formula is C21H20OSi. The molecule has 1 N–H and O–H groups in total. The summed E-state index contributed by atoms with van der Waals surface area (Å²) in [5.41, 5.74) is 2.24. The highest BCUT2D eigenvalue weighted by atomic mass is 28.3. The fourth-order valence-corrected chi connectivity index (χ4v) is 7.31. The molecule has 0 bridgehead atoms. The maximum atomic E-state index is 9.41. The van der Waals surface area contributed by atoms with Crippen LogP contribution in [0.15, 0.2) is 103 Å². The Labute approximate surface area is 138 Å². The van der Waals surface area contributed by atoms with Gasteiger partial charge in [0.05, 0.1) is 6.61 Å². The van der Waals surface area contributed by atoms with Crippen LogP contribution in [-0.4, -0.2) is 19.8 Å². The van der Waals surface area contributed by atoms with Gasteiger partial charge >= 0.3 is 0 Å². The molecule has 3 aromatic carbocycles. The largest absolute Gasteiger partial charge is 0.392 e. The number of aliphatic hydroxyl groups excluding tert-OH is 1. The van der Waals surface area contributed by atoms with E-state index in [1.807, 2.05) is 6.08 Å². The van der Waals surface area contributed by atoms with E-state index in [-0.39, 0.29) is 6.61 Å². The molecular weight excluding hydrogens is 296 g/mol. The van der Waals surface area contributed by atoms with Gasteiger partial charge in [0.25, 0.3) is 0 Å². The van der Waals surface area contributed by atoms with E-state index in [1.54, 1.807) is 0 Å². The average molecular weight is 316 g/mol. The molecule has 2 heteroatoms. The zero-order valence-corrected chi connectivity index (χ0v) is 14.0. The normalized spacial score (nSPS) is 11.7. The number of rotatable bonds is 5. The Morgan fingerprint density at radius 2 is 0.957 bits per heavy atom. The Morgan fingerprint density at radius 1 is 0.609 bits per heavy atom. The van der Waals surface area contributed by atoms with E-state index in [2.05, 4.69) is 96.7 Å². The van der Waals surface area contributed by atoms with Crippen molar-refractivity contribution in [3.63, 3.8) is 0 Å². The maximum Gasteiger partial charge on any atom is 0.172 e. The molecule has 23 heavy (non-hydrogen) atoms. The first kappa shape index (κ1) is 15.5. The van der Waals surface area contributed by atoms with Gasteiger partial charge in [-0.15, -0.1) is 0 Å². The third-order valence-corrected chi connectivity index (χ3v) is 8.63. The van der Waals surface area contributed by atoms with E-state index >= 15 is 0 Å². The van der Waals surface area contributed by atoms with Gasteiger partial charge in [-0.1, -0.05) is 103 Å². The van der Waals surface area contributed by atoms with Gasteiger partial charge in [0, 0.05) is 0 Å². The molecule has 114 valence electrons. The lowest BCUT2D eigenvalue weighted by atomic mass is 10.3. The van der Waals surface area contributed by atoms with E-state index in [4.69, 9.17) is 0 Å². The molecule has 0 heterocycles. The van der Waals surface area contributed by atoms with Gasteiger partial charge in [-0.25, -0.2) is 0 Å². The second-order valence-electron chi connectivity index (χ2n) is 5.49. The molecule has 3 rings (SSSR count). The molecule has 0 aliphatic heterocycles. The van der Waals surface area contributed by atoms with Crippen LogP contribution in [0.3, 0.4) is 0 Å². The van der Waals surface area contributed by atoms with Gasteiger partial charge in [-0.05, 0) is 15.6 Å². The first-order valence-corrected chi connectivity index (χ1v) is 9.91. The Hall–Kier alpha value is -2.42. The van der Waals surface area contributed by atoms with Crippen LogP contribution in [0.1, 0.15) is 0 Å². The van der Waals surface area contributed by atoms with Crippen LogP contribution in [0, 0.1) is 0 Å². The van der Waals surface area contributed by atoms with Crippen molar-refractivity contribution in [2.75, 3.05) is 6.61 Å². The summed E-state index contributed by atoms with van der Waals surface area (Å²) in [4.78, 5) is 0. The van der Waals surface area contributed by atoms with E-state index in [1.165, 1.54) is 15.6 Å². The first-order chi connectivity index (χ1) is 11.4. The van der Waals surface area contributed by atoms with Crippen LogP contribution in [0.5, 0.6) is 0 Å². The third kappa shape index (κ3) is 3.04. The van der Waals surface area contributed by atoms with E-state index in [0.29, 0.717) is 0 Å². The Morgan fingerprint density at radius 3 is 1.26 bits per heavy atom.